The summed E-state index contributed by atoms with van der Waals surface area (Å²) in [7, 11) is 0. The largest absolute Gasteiger partial charge is 0.347 e. The summed E-state index contributed by atoms with van der Waals surface area (Å²) in [5.74, 6) is -4.23. The maximum atomic E-state index is 12.8. The van der Waals surface area contributed by atoms with Crippen molar-refractivity contribution in [2.45, 2.75) is 63.4 Å². The lowest BCUT2D eigenvalue weighted by Gasteiger charge is -2.43. The summed E-state index contributed by atoms with van der Waals surface area (Å²) in [4.78, 5) is 21.9. The minimum Gasteiger partial charge on any atom is -0.347 e. The Hall–Kier alpha value is -0.880. The quantitative estimate of drug-likeness (QED) is 0.583. The Morgan fingerprint density at radius 3 is 2.47 bits per heavy atom. The molecule has 0 N–H and O–H groups in total. The third-order valence-corrected chi connectivity index (χ3v) is 3.56. The van der Waals surface area contributed by atoms with Crippen LogP contribution in [0.25, 0.3) is 0 Å². The zero-order valence-electron chi connectivity index (χ0n) is 11.0. The first-order valence-corrected chi connectivity index (χ1v) is 6.43. The van der Waals surface area contributed by atoms with E-state index in [9.17, 15) is 18.4 Å². The number of halogens is 2. The molecule has 1 aliphatic carbocycles. The topological polar surface area (TPSA) is 52.6 Å². The van der Waals surface area contributed by atoms with Gasteiger partial charge in [-0.15, -0.1) is 0 Å². The zero-order chi connectivity index (χ0) is 14.3. The molecule has 2 aliphatic rings. The van der Waals surface area contributed by atoms with Gasteiger partial charge in [0, 0.05) is 19.3 Å². The monoisotopic (exact) mass is 276 g/mol. The molecule has 2 unspecified atom stereocenters. The predicted octanol–water partition coefficient (Wildman–Crippen LogP) is 2.10. The number of aldehydes is 1. The Labute approximate surface area is 110 Å². The molecule has 1 heterocycles. The number of rotatable bonds is 4. The van der Waals surface area contributed by atoms with E-state index >= 15 is 0 Å². The molecule has 0 amide bonds. The van der Waals surface area contributed by atoms with E-state index in [2.05, 4.69) is 0 Å². The molecule has 1 saturated heterocycles. The molecule has 0 aromatic carbocycles. The van der Waals surface area contributed by atoms with Crippen molar-refractivity contribution in [2.75, 3.05) is 0 Å². The van der Waals surface area contributed by atoms with E-state index in [1.807, 2.05) is 0 Å². The molecule has 1 saturated carbocycles. The van der Waals surface area contributed by atoms with Crippen LogP contribution in [0, 0.1) is 5.92 Å². The molecule has 2 atom stereocenters. The van der Waals surface area contributed by atoms with Gasteiger partial charge in [-0.3, -0.25) is 9.59 Å². The van der Waals surface area contributed by atoms with Crippen molar-refractivity contribution in [2.24, 2.45) is 5.92 Å². The van der Waals surface area contributed by atoms with Gasteiger partial charge in [0.2, 0.25) is 11.7 Å². The van der Waals surface area contributed by atoms with Crippen LogP contribution < -0.4 is 0 Å². The Kier molecular flexibility index (Phi) is 3.75. The van der Waals surface area contributed by atoms with Crippen molar-refractivity contribution < 1.29 is 27.8 Å². The maximum absolute atomic E-state index is 12.8. The van der Waals surface area contributed by atoms with Crippen molar-refractivity contribution in [3.63, 3.8) is 0 Å². The van der Waals surface area contributed by atoms with Crippen LogP contribution in [0.1, 0.15) is 39.5 Å². The molecular weight excluding hydrogens is 258 g/mol. The summed E-state index contributed by atoms with van der Waals surface area (Å²) in [6, 6.07) is 0. The van der Waals surface area contributed by atoms with Gasteiger partial charge < -0.3 is 9.47 Å². The average Bonchev–Trinajstić information content (AvgIpc) is 2.23. The Balaban J connectivity index is 1.93. The van der Waals surface area contributed by atoms with E-state index in [0.29, 0.717) is 6.42 Å². The molecule has 0 aromatic rings. The van der Waals surface area contributed by atoms with Crippen LogP contribution in [0.5, 0.6) is 0 Å². The van der Waals surface area contributed by atoms with Gasteiger partial charge in [-0.2, -0.15) is 0 Å². The number of carbonyl (C=O) groups excluding carboxylic acids is 2. The van der Waals surface area contributed by atoms with Gasteiger partial charge in [-0.05, 0) is 26.2 Å². The Morgan fingerprint density at radius 2 is 1.95 bits per heavy atom. The molecule has 0 spiro atoms. The molecule has 0 aromatic heterocycles. The second kappa shape index (κ2) is 4.90. The SMILES string of the molecule is CC1(C)OC(CC2CC(F)(F)C2)CC(C(=O)C=O)O1. The molecule has 0 radical (unpaired) electrons. The van der Waals surface area contributed by atoms with Crippen LogP contribution in [0.15, 0.2) is 0 Å². The summed E-state index contributed by atoms with van der Waals surface area (Å²) in [5, 5.41) is 0. The van der Waals surface area contributed by atoms with Gasteiger partial charge in [0.15, 0.2) is 12.1 Å². The Morgan fingerprint density at radius 1 is 1.32 bits per heavy atom. The molecular formula is C13H18F2O4. The number of alkyl halides is 2. The highest BCUT2D eigenvalue weighted by molar-refractivity contribution is 6.27. The van der Waals surface area contributed by atoms with E-state index in [-0.39, 0.29) is 37.6 Å². The van der Waals surface area contributed by atoms with E-state index < -0.39 is 23.6 Å². The van der Waals surface area contributed by atoms with E-state index in [1.165, 1.54) is 0 Å². The number of hydrogen-bond acceptors (Lipinski definition) is 4. The minimum atomic E-state index is -2.55. The first-order chi connectivity index (χ1) is 8.71. The fraction of sp³-hybridized carbons (Fsp3) is 0.846. The highest BCUT2D eigenvalue weighted by Gasteiger charge is 2.47. The van der Waals surface area contributed by atoms with Crippen molar-refractivity contribution in [1.29, 1.82) is 0 Å². The molecule has 19 heavy (non-hydrogen) atoms. The highest BCUT2D eigenvalue weighted by atomic mass is 19.3. The molecule has 2 fully saturated rings. The van der Waals surface area contributed by atoms with Gasteiger partial charge >= 0.3 is 0 Å². The summed E-state index contributed by atoms with van der Waals surface area (Å²) in [5.41, 5.74) is 0. The van der Waals surface area contributed by atoms with Crippen molar-refractivity contribution >= 4 is 12.1 Å². The standard InChI is InChI=1S/C13H18F2O4/c1-12(2)18-9(3-8-5-13(14,15)6-8)4-11(19-12)10(17)7-16/h7-9,11H,3-6H2,1-2H3. The van der Waals surface area contributed by atoms with Crippen LogP contribution in [0.4, 0.5) is 8.78 Å². The van der Waals surface area contributed by atoms with Crippen LogP contribution in [0.3, 0.4) is 0 Å². The second-order valence-corrected chi connectivity index (χ2v) is 5.87. The van der Waals surface area contributed by atoms with Crippen LogP contribution >= 0.6 is 0 Å². The lowest BCUT2D eigenvalue weighted by Crippen LogP contribution is -2.49. The van der Waals surface area contributed by atoms with Gasteiger partial charge in [-0.25, -0.2) is 8.78 Å². The molecule has 6 heteroatoms. The zero-order valence-corrected chi connectivity index (χ0v) is 11.0. The van der Waals surface area contributed by atoms with E-state index in [0.717, 1.165) is 0 Å². The highest BCUT2D eigenvalue weighted by Crippen LogP contribution is 2.46. The first-order valence-electron chi connectivity index (χ1n) is 6.43. The number of ketones is 1. The molecule has 2 rings (SSSR count). The maximum Gasteiger partial charge on any atom is 0.248 e. The number of Topliss-reactive ketones (excluding diaryl/α,β-unsaturated/α-hetero) is 1. The fourth-order valence-electron chi connectivity index (χ4n) is 2.82. The van der Waals surface area contributed by atoms with Crippen molar-refractivity contribution in [1.82, 2.24) is 0 Å². The minimum absolute atomic E-state index is 0.0825. The van der Waals surface area contributed by atoms with Crippen molar-refractivity contribution in [3.05, 3.63) is 0 Å². The first kappa shape index (κ1) is 14.5. The molecule has 4 nitrogen and oxygen atoms in total. The Bertz CT molecular complexity index is 373. The van der Waals surface area contributed by atoms with E-state index in [1.54, 1.807) is 13.8 Å². The number of ether oxygens (including phenoxy) is 2. The molecule has 108 valence electrons. The fourth-order valence-corrected chi connectivity index (χ4v) is 2.82. The van der Waals surface area contributed by atoms with Gasteiger partial charge in [0.1, 0.15) is 6.10 Å². The lowest BCUT2D eigenvalue weighted by atomic mass is 9.77. The lowest BCUT2D eigenvalue weighted by molar-refractivity contribution is -0.297. The summed E-state index contributed by atoms with van der Waals surface area (Å²) in [6.07, 6.45) is -0.430. The number of carbonyl (C=O) groups is 2. The normalized spacial score (nSPS) is 33.5. The van der Waals surface area contributed by atoms with Crippen LogP contribution in [0.2, 0.25) is 0 Å². The van der Waals surface area contributed by atoms with Crippen molar-refractivity contribution in [3.8, 4) is 0 Å². The molecule has 1 aliphatic heterocycles. The summed E-state index contributed by atoms with van der Waals surface area (Å²) >= 11 is 0. The van der Waals surface area contributed by atoms with Gasteiger partial charge in [0.05, 0.1) is 6.10 Å². The van der Waals surface area contributed by atoms with Crippen LogP contribution in [-0.2, 0) is 19.1 Å². The molecule has 0 bridgehead atoms. The predicted molar refractivity (Wildman–Crippen MR) is 61.8 cm³/mol. The summed E-state index contributed by atoms with van der Waals surface area (Å²) < 4.78 is 36.6. The van der Waals surface area contributed by atoms with Crippen LogP contribution in [-0.4, -0.2) is 36.0 Å². The average molecular weight is 276 g/mol. The third-order valence-electron chi connectivity index (χ3n) is 3.56. The second-order valence-electron chi connectivity index (χ2n) is 5.87. The van der Waals surface area contributed by atoms with Gasteiger partial charge in [0.25, 0.3) is 0 Å². The van der Waals surface area contributed by atoms with E-state index in [4.69, 9.17) is 9.47 Å². The number of hydrogen-bond donors (Lipinski definition) is 0. The third kappa shape index (κ3) is 3.57. The smallest absolute Gasteiger partial charge is 0.248 e. The van der Waals surface area contributed by atoms with Gasteiger partial charge in [-0.1, -0.05) is 0 Å². The summed E-state index contributed by atoms with van der Waals surface area (Å²) in [6.45, 7) is 3.30.